The number of hydrogen-bond donors (Lipinski definition) is 0. The van der Waals surface area contributed by atoms with Crippen LogP contribution < -0.4 is 0 Å². The fourth-order valence-corrected chi connectivity index (χ4v) is 5.11. The van der Waals surface area contributed by atoms with Crippen molar-refractivity contribution in [3.63, 3.8) is 0 Å². The largest absolute Gasteiger partial charge is 0.457 e. The highest BCUT2D eigenvalue weighted by Gasteiger charge is 2.29. The van der Waals surface area contributed by atoms with Gasteiger partial charge in [0, 0.05) is 38.3 Å². The van der Waals surface area contributed by atoms with Crippen LogP contribution in [0, 0.1) is 11.3 Å². The molecule has 3 aliphatic rings. The Balaban J connectivity index is 1.15. The normalized spacial score (nSPS) is 20.2. The van der Waals surface area contributed by atoms with Crippen LogP contribution in [0.2, 0.25) is 0 Å². The van der Waals surface area contributed by atoms with E-state index in [9.17, 15) is 14.9 Å². The van der Waals surface area contributed by atoms with Gasteiger partial charge in [0.15, 0.2) is 0 Å². The van der Waals surface area contributed by atoms with Crippen molar-refractivity contribution in [3.05, 3.63) is 69.8 Å². The van der Waals surface area contributed by atoms with E-state index in [2.05, 4.69) is 17.0 Å². The second-order valence-electron chi connectivity index (χ2n) is 8.65. The van der Waals surface area contributed by atoms with E-state index in [1.165, 1.54) is 11.1 Å². The minimum atomic E-state index is -0.280. The molecule has 1 amide bonds. The molecule has 0 N–H and O–H groups in total. The number of carbonyl (C=O) groups is 2. The number of esters is 1. The van der Waals surface area contributed by atoms with Gasteiger partial charge in [0.05, 0.1) is 23.6 Å². The maximum absolute atomic E-state index is 12.8. The summed E-state index contributed by atoms with van der Waals surface area (Å²) < 4.78 is 5.05. The van der Waals surface area contributed by atoms with Gasteiger partial charge in [-0.3, -0.25) is 9.69 Å². The number of ether oxygens (including phenoxy) is 1. The van der Waals surface area contributed by atoms with E-state index < -0.39 is 0 Å². The van der Waals surface area contributed by atoms with Crippen molar-refractivity contribution in [2.24, 2.45) is 0 Å². The molecule has 2 aliphatic heterocycles. The fourth-order valence-electron chi connectivity index (χ4n) is 5.11. The zero-order chi connectivity index (χ0) is 21.4. The molecule has 158 valence electrons. The molecule has 2 aromatic carbocycles. The predicted molar refractivity (Wildman–Crippen MR) is 115 cm³/mol. The molecule has 0 bridgehead atoms. The molecule has 6 nitrogen and oxygen atoms in total. The van der Waals surface area contributed by atoms with Crippen LogP contribution >= 0.6 is 0 Å². The summed E-state index contributed by atoms with van der Waals surface area (Å²) in [6.45, 7) is 4.52. The van der Waals surface area contributed by atoms with E-state index in [-0.39, 0.29) is 11.9 Å². The van der Waals surface area contributed by atoms with Gasteiger partial charge in [-0.1, -0.05) is 24.3 Å². The van der Waals surface area contributed by atoms with E-state index >= 15 is 0 Å². The average molecular weight is 415 g/mol. The zero-order valence-corrected chi connectivity index (χ0v) is 17.5. The Bertz CT molecular complexity index is 1080. The van der Waals surface area contributed by atoms with Crippen molar-refractivity contribution in [2.45, 2.75) is 31.8 Å². The minimum Gasteiger partial charge on any atom is -0.457 e. The number of nitrogens with zero attached hydrogens (tertiary/aromatic N) is 3. The van der Waals surface area contributed by atoms with Gasteiger partial charge >= 0.3 is 5.97 Å². The summed E-state index contributed by atoms with van der Waals surface area (Å²) in [6.07, 6.45) is 2.44. The molecule has 5 rings (SSSR count). The van der Waals surface area contributed by atoms with Crippen LogP contribution in [0.5, 0.6) is 0 Å². The summed E-state index contributed by atoms with van der Waals surface area (Å²) in [5, 5.41) is 9.33. The first kappa shape index (κ1) is 19.8. The monoisotopic (exact) mass is 415 g/mol. The molecule has 0 radical (unpaired) electrons. The highest BCUT2D eigenvalue weighted by Crippen LogP contribution is 2.35. The van der Waals surface area contributed by atoms with Gasteiger partial charge in [-0.2, -0.15) is 5.26 Å². The van der Waals surface area contributed by atoms with Crippen molar-refractivity contribution in [2.75, 3.05) is 32.7 Å². The summed E-state index contributed by atoms with van der Waals surface area (Å²) in [7, 11) is 0. The second kappa shape index (κ2) is 8.16. The summed E-state index contributed by atoms with van der Waals surface area (Å²) in [6, 6.07) is 13.9. The zero-order valence-electron chi connectivity index (χ0n) is 17.5. The topological polar surface area (TPSA) is 73.6 Å². The van der Waals surface area contributed by atoms with Gasteiger partial charge in [-0.25, -0.2) is 4.79 Å². The summed E-state index contributed by atoms with van der Waals surface area (Å²) in [4.78, 5) is 28.8. The summed E-state index contributed by atoms with van der Waals surface area (Å²) >= 11 is 0. The molecule has 1 atom stereocenters. The lowest BCUT2D eigenvalue weighted by Crippen LogP contribution is -2.49. The van der Waals surface area contributed by atoms with E-state index in [4.69, 9.17) is 4.74 Å². The van der Waals surface area contributed by atoms with Crippen molar-refractivity contribution in [1.82, 2.24) is 9.80 Å². The van der Waals surface area contributed by atoms with Crippen LogP contribution in [0.15, 0.2) is 36.4 Å². The van der Waals surface area contributed by atoms with Crippen LogP contribution in [-0.4, -0.2) is 54.4 Å². The molecule has 2 heterocycles. The lowest BCUT2D eigenvalue weighted by molar-refractivity contribution is -0.132. The highest BCUT2D eigenvalue weighted by atomic mass is 16.5. The van der Waals surface area contributed by atoms with Gasteiger partial charge in [-0.15, -0.1) is 0 Å². The number of hydrogen-bond acceptors (Lipinski definition) is 5. The minimum absolute atomic E-state index is 0.134. The number of carbonyl (C=O) groups excluding carboxylic acids is 2. The van der Waals surface area contributed by atoms with Crippen LogP contribution in [0.3, 0.4) is 0 Å². The van der Waals surface area contributed by atoms with E-state index in [0.29, 0.717) is 24.5 Å². The number of cyclic esters (lactones) is 1. The van der Waals surface area contributed by atoms with Crippen molar-refractivity contribution >= 4 is 11.9 Å². The molecule has 0 saturated carbocycles. The van der Waals surface area contributed by atoms with Crippen molar-refractivity contribution < 1.29 is 14.3 Å². The van der Waals surface area contributed by atoms with Gasteiger partial charge in [0.2, 0.25) is 5.91 Å². The first-order valence-corrected chi connectivity index (χ1v) is 10.9. The van der Waals surface area contributed by atoms with Crippen LogP contribution in [0.4, 0.5) is 0 Å². The number of nitriles is 1. The Kier molecular flexibility index (Phi) is 5.21. The molecule has 1 saturated heterocycles. The third-order valence-electron chi connectivity index (χ3n) is 6.82. The third kappa shape index (κ3) is 3.82. The van der Waals surface area contributed by atoms with Gasteiger partial charge in [0.1, 0.15) is 6.61 Å². The Morgan fingerprint density at radius 3 is 2.81 bits per heavy atom. The number of fused-ring (bicyclic) bond motifs is 2. The first-order valence-electron chi connectivity index (χ1n) is 10.9. The Morgan fingerprint density at radius 1 is 1.16 bits per heavy atom. The molecule has 0 spiro atoms. The number of rotatable bonds is 4. The maximum Gasteiger partial charge on any atom is 0.338 e. The molecule has 1 unspecified atom stereocenters. The highest BCUT2D eigenvalue weighted by molar-refractivity contribution is 5.93. The smallest absolute Gasteiger partial charge is 0.338 e. The molecule has 1 fully saturated rings. The van der Waals surface area contributed by atoms with Crippen LogP contribution in [0.1, 0.15) is 50.5 Å². The molecule has 0 aromatic heterocycles. The third-order valence-corrected chi connectivity index (χ3v) is 6.82. The lowest BCUT2D eigenvalue weighted by atomic mass is 9.98. The molecule has 6 heteroatoms. The Hall–Kier alpha value is -3.17. The molecule has 31 heavy (non-hydrogen) atoms. The maximum atomic E-state index is 12.8. The lowest BCUT2D eigenvalue weighted by Gasteiger charge is -2.36. The van der Waals surface area contributed by atoms with Gasteiger partial charge in [-0.05, 0) is 47.6 Å². The van der Waals surface area contributed by atoms with E-state index in [1.807, 2.05) is 29.2 Å². The number of piperazine rings is 1. The fraction of sp³-hybridized carbons (Fsp3) is 0.400. The average Bonchev–Trinajstić information content (AvgIpc) is 3.37. The second-order valence-corrected chi connectivity index (χ2v) is 8.65. The Morgan fingerprint density at radius 2 is 2.00 bits per heavy atom. The summed E-state index contributed by atoms with van der Waals surface area (Å²) in [5.74, 6) is 0.328. The van der Waals surface area contributed by atoms with Crippen molar-refractivity contribution in [3.8, 4) is 6.07 Å². The van der Waals surface area contributed by atoms with Gasteiger partial charge in [0.25, 0.3) is 0 Å². The predicted octanol–water partition coefficient (Wildman–Crippen LogP) is 2.65. The SMILES string of the molecule is N#Cc1cccc2c1CCC2CN1CCN(C(=O)Cc2ccc3c(c2)COC3=O)CC1. The van der Waals surface area contributed by atoms with Crippen LogP contribution in [0.25, 0.3) is 0 Å². The molecule has 1 aliphatic carbocycles. The van der Waals surface area contributed by atoms with Crippen LogP contribution in [-0.2, 0) is 29.0 Å². The summed E-state index contributed by atoms with van der Waals surface area (Å²) in [5.41, 5.74) is 5.79. The standard InChI is InChI=1S/C25H25N3O3/c26-14-18-2-1-3-21-19(5-7-22(18)21)15-27-8-10-28(11-9-27)24(29)13-17-4-6-23-20(12-17)16-31-25(23)30/h1-4,6,12,19H,5,7-11,13,15-16H2. The van der Waals surface area contributed by atoms with Crippen molar-refractivity contribution in [1.29, 1.82) is 5.26 Å². The van der Waals surface area contributed by atoms with E-state index in [0.717, 1.165) is 62.3 Å². The molecular formula is C25H25N3O3. The number of amides is 1. The van der Waals surface area contributed by atoms with Gasteiger partial charge < -0.3 is 9.64 Å². The van der Waals surface area contributed by atoms with E-state index in [1.54, 1.807) is 6.07 Å². The first-order chi connectivity index (χ1) is 15.1. The molecular weight excluding hydrogens is 390 g/mol. The quantitative estimate of drug-likeness (QED) is 0.718. The Labute approximate surface area is 182 Å². The number of benzene rings is 2. The molecule has 2 aromatic rings.